The molecule has 0 saturated heterocycles. The van der Waals surface area contributed by atoms with Crippen LogP contribution in [0.4, 0.5) is 18.9 Å². The highest BCUT2D eigenvalue weighted by Crippen LogP contribution is 2.50. The smallest absolute Gasteiger partial charge is 0.293 e. The van der Waals surface area contributed by atoms with Gasteiger partial charge < -0.3 is 0 Å². The Hall–Kier alpha value is -1.34. The maximum absolute atomic E-state index is 14.0. The van der Waals surface area contributed by atoms with E-state index in [1.54, 1.807) is 30.3 Å². The zero-order chi connectivity index (χ0) is 20.9. The average Bonchev–Trinajstić information content (AvgIpc) is 2.79. The van der Waals surface area contributed by atoms with Gasteiger partial charge in [0.05, 0.1) is 33.3 Å². The van der Waals surface area contributed by atoms with Gasteiger partial charge in [-0.05, 0) is 47.9 Å². The van der Waals surface area contributed by atoms with E-state index in [4.69, 9.17) is 34.8 Å². The lowest BCUT2D eigenvalue weighted by Crippen LogP contribution is -2.41. The highest BCUT2D eigenvalue weighted by Gasteiger charge is 2.45. The van der Waals surface area contributed by atoms with Crippen molar-refractivity contribution in [1.82, 2.24) is 0 Å². The Morgan fingerprint density at radius 2 is 1.86 bits per heavy atom. The summed E-state index contributed by atoms with van der Waals surface area (Å²) in [6.45, 7) is 1.48. The van der Waals surface area contributed by atoms with E-state index in [9.17, 15) is 13.2 Å². The predicted molar refractivity (Wildman–Crippen MR) is 116 cm³/mol. The second-order valence-electron chi connectivity index (χ2n) is 6.73. The normalized spacial score (nSPS) is 19.5. The van der Waals surface area contributed by atoms with Crippen LogP contribution in [0.2, 0.25) is 15.1 Å². The van der Waals surface area contributed by atoms with Crippen LogP contribution in [0.15, 0.2) is 52.7 Å². The number of hydrogen-bond acceptors (Lipinski definition) is 3. The maximum Gasteiger partial charge on any atom is 0.431 e. The van der Waals surface area contributed by atoms with E-state index < -0.39 is 11.9 Å². The minimum Gasteiger partial charge on any atom is -0.293 e. The molecule has 9 heteroatoms. The molecule has 0 bridgehead atoms. The van der Waals surface area contributed by atoms with Crippen LogP contribution in [-0.2, 0) is 0 Å². The zero-order valence-electron chi connectivity index (χ0n) is 15.0. The summed E-state index contributed by atoms with van der Waals surface area (Å²) in [4.78, 5) is 5.64. The summed E-state index contributed by atoms with van der Waals surface area (Å²) in [6.07, 6.45) is -4.51. The first kappa shape index (κ1) is 20.9. The summed E-state index contributed by atoms with van der Waals surface area (Å²) in [7, 11) is 0. The molecule has 29 heavy (non-hydrogen) atoms. The number of alkyl halides is 3. The molecule has 2 aliphatic heterocycles. The van der Waals surface area contributed by atoms with Gasteiger partial charge >= 0.3 is 6.18 Å². The van der Waals surface area contributed by atoms with Gasteiger partial charge in [-0.3, -0.25) is 9.89 Å². The lowest BCUT2D eigenvalue weighted by Gasteiger charge is -2.34. The number of anilines is 1. The molecule has 1 atom stereocenters. The molecule has 2 aromatic rings. The minimum absolute atomic E-state index is 0.0206. The SMILES string of the molecule is CC1=C(C(F)(F)F)N2C(=NC1)CS[C@H](c1cccc(Cl)c1Cl)c1cc(Cl)ccc12. The first-order valence-electron chi connectivity index (χ1n) is 8.64. The molecule has 2 nitrogen and oxygen atoms in total. The number of allylic oxidation sites excluding steroid dienone is 1. The lowest BCUT2D eigenvalue weighted by molar-refractivity contribution is -0.0932. The molecule has 0 N–H and O–H groups in total. The topological polar surface area (TPSA) is 15.6 Å². The number of benzene rings is 2. The molecule has 0 saturated carbocycles. The van der Waals surface area contributed by atoms with Crippen LogP contribution >= 0.6 is 46.6 Å². The Morgan fingerprint density at radius 3 is 2.59 bits per heavy atom. The number of thioether (sulfide) groups is 1. The fraction of sp³-hybridized carbons (Fsp3) is 0.250. The van der Waals surface area contributed by atoms with Crippen molar-refractivity contribution in [3.63, 3.8) is 0 Å². The Labute approximate surface area is 185 Å². The maximum atomic E-state index is 14.0. The van der Waals surface area contributed by atoms with Crippen molar-refractivity contribution >= 4 is 58.1 Å². The molecule has 0 spiro atoms. The molecule has 4 rings (SSSR count). The van der Waals surface area contributed by atoms with Gasteiger partial charge in [-0.1, -0.05) is 46.9 Å². The van der Waals surface area contributed by atoms with Gasteiger partial charge in [0.1, 0.15) is 11.5 Å². The van der Waals surface area contributed by atoms with E-state index in [1.165, 1.54) is 23.6 Å². The van der Waals surface area contributed by atoms with Gasteiger partial charge in [0.2, 0.25) is 0 Å². The van der Waals surface area contributed by atoms with Crippen LogP contribution in [0.3, 0.4) is 0 Å². The quantitative estimate of drug-likeness (QED) is 0.422. The largest absolute Gasteiger partial charge is 0.431 e. The molecule has 0 amide bonds. The summed E-state index contributed by atoms with van der Waals surface area (Å²) in [5.74, 6) is 0.643. The van der Waals surface area contributed by atoms with Crippen LogP contribution in [0.1, 0.15) is 23.3 Å². The van der Waals surface area contributed by atoms with Crippen LogP contribution in [0.25, 0.3) is 0 Å². The van der Waals surface area contributed by atoms with Crippen LogP contribution in [0, 0.1) is 0 Å². The third kappa shape index (κ3) is 3.76. The second kappa shape index (κ2) is 7.73. The zero-order valence-corrected chi connectivity index (χ0v) is 18.1. The summed E-state index contributed by atoms with van der Waals surface area (Å²) >= 11 is 20.3. The summed E-state index contributed by atoms with van der Waals surface area (Å²) in [5.41, 5.74) is 1.23. The average molecular weight is 478 g/mol. The Bertz CT molecular complexity index is 1050. The summed E-state index contributed by atoms with van der Waals surface area (Å²) in [6, 6.07) is 10.2. The first-order chi connectivity index (χ1) is 13.7. The Kier molecular flexibility index (Phi) is 5.57. The summed E-state index contributed by atoms with van der Waals surface area (Å²) in [5, 5.41) is 0.846. The van der Waals surface area contributed by atoms with Crippen LogP contribution in [-0.4, -0.2) is 24.3 Å². The van der Waals surface area contributed by atoms with Gasteiger partial charge in [-0.15, -0.1) is 11.8 Å². The Morgan fingerprint density at radius 1 is 1.10 bits per heavy atom. The monoisotopic (exact) mass is 476 g/mol. The fourth-order valence-electron chi connectivity index (χ4n) is 3.58. The highest BCUT2D eigenvalue weighted by molar-refractivity contribution is 8.00. The molecule has 0 aliphatic carbocycles. The van der Waals surface area contributed by atoms with Crippen LogP contribution in [0.5, 0.6) is 0 Å². The molecule has 0 radical (unpaired) electrons. The third-order valence-electron chi connectivity index (χ3n) is 4.81. The fourth-order valence-corrected chi connectivity index (χ4v) is 5.52. The molecule has 2 aromatic carbocycles. The number of hydrogen-bond donors (Lipinski definition) is 0. The van der Waals surface area contributed by atoms with Crippen LogP contribution < -0.4 is 4.90 Å². The molecule has 2 aliphatic rings. The summed E-state index contributed by atoms with van der Waals surface area (Å²) < 4.78 is 41.9. The van der Waals surface area contributed by atoms with Crippen molar-refractivity contribution in [2.75, 3.05) is 17.2 Å². The van der Waals surface area contributed by atoms with Gasteiger partial charge in [-0.25, -0.2) is 0 Å². The number of rotatable bonds is 1. The molecular formula is C20H14Cl3F3N2S. The highest BCUT2D eigenvalue weighted by atomic mass is 35.5. The molecule has 0 unspecified atom stereocenters. The van der Waals surface area contributed by atoms with E-state index in [1.807, 2.05) is 6.07 Å². The minimum atomic E-state index is -4.51. The second-order valence-corrected chi connectivity index (χ2v) is 9.05. The van der Waals surface area contributed by atoms with Crippen molar-refractivity contribution in [2.24, 2.45) is 4.99 Å². The van der Waals surface area contributed by atoms with E-state index in [-0.39, 0.29) is 23.1 Å². The van der Waals surface area contributed by atoms with Crippen molar-refractivity contribution in [3.05, 3.63) is 73.9 Å². The van der Waals surface area contributed by atoms with E-state index in [0.29, 0.717) is 32.2 Å². The number of amidine groups is 1. The van der Waals surface area contributed by atoms with Gasteiger partial charge in [-0.2, -0.15) is 13.2 Å². The molecule has 0 aromatic heterocycles. The van der Waals surface area contributed by atoms with E-state index in [0.717, 1.165) is 5.56 Å². The molecule has 0 fully saturated rings. The van der Waals surface area contributed by atoms with Gasteiger partial charge in [0.15, 0.2) is 0 Å². The number of halogens is 6. The number of nitrogens with zero attached hydrogens (tertiary/aromatic N) is 2. The Balaban J connectivity index is 1.96. The molecular weight excluding hydrogens is 464 g/mol. The van der Waals surface area contributed by atoms with Gasteiger partial charge in [0.25, 0.3) is 0 Å². The third-order valence-corrected chi connectivity index (χ3v) is 7.14. The predicted octanol–water partition coefficient (Wildman–Crippen LogP) is 7.54. The van der Waals surface area contributed by atoms with Crippen molar-refractivity contribution < 1.29 is 13.2 Å². The van der Waals surface area contributed by atoms with E-state index in [2.05, 4.69) is 4.99 Å². The number of aliphatic imine (C=N–C) groups is 1. The van der Waals surface area contributed by atoms with Crippen molar-refractivity contribution in [2.45, 2.75) is 18.3 Å². The molecule has 2 heterocycles. The first-order valence-corrected chi connectivity index (χ1v) is 10.8. The van der Waals surface area contributed by atoms with Crippen molar-refractivity contribution in [3.8, 4) is 0 Å². The number of fused-ring (bicyclic) bond motifs is 3. The molecule has 152 valence electrons. The van der Waals surface area contributed by atoms with Crippen molar-refractivity contribution in [1.29, 1.82) is 0 Å². The standard InChI is InChI=1S/C20H14Cl3F3N2S/c1-10-8-27-16-9-29-18(12-3-2-4-14(22)17(12)23)13-7-11(21)5-6-15(13)28(16)19(10)20(24,25)26/h2-7,18H,8-9H2,1H3/t18-/m1/s1. The van der Waals surface area contributed by atoms with Gasteiger partial charge in [0, 0.05) is 5.02 Å². The van der Waals surface area contributed by atoms with E-state index >= 15 is 0 Å². The lowest BCUT2D eigenvalue weighted by atomic mass is 10.0.